The van der Waals surface area contributed by atoms with E-state index in [0.29, 0.717) is 41.1 Å². The Morgan fingerprint density at radius 2 is 1.76 bits per heavy atom. The molecule has 0 bridgehead atoms. The normalized spacial score (nSPS) is 20.5. The third-order valence-corrected chi connectivity index (χ3v) is 9.00. The molecule has 2 amide bonds. The van der Waals surface area contributed by atoms with Crippen LogP contribution < -0.4 is 23.9 Å². The molecule has 4 heterocycles. The van der Waals surface area contributed by atoms with Crippen molar-refractivity contribution < 1.29 is 56.9 Å². The highest BCUT2D eigenvalue weighted by Crippen LogP contribution is 2.42. The fourth-order valence-electron chi connectivity index (χ4n) is 6.17. The number of aliphatic carboxylic acids is 1. The van der Waals surface area contributed by atoms with Crippen molar-refractivity contribution in [1.82, 2.24) is 9.38 Å². The number of carbonyl (C=O) groups is 3. The number of rotatable bonds is 9. The summed E-state index contributed by atoms with van der Waals surface area (Å²) >= 11 is -2.59. The van der Waals surface area contributed by atoms with Crippen molar-refractivity contribution in [3.05, 3.63) is 89.9 Å². The number of methoxy groups -OCH3 is 1. The molecule has 1 fully saturated rings. The number of nitrogens with zero attached hydrogens (tertiary/aromatic N) is 3. The number of carbonyl (C=O) groups excluding carboxylic acids is 2. The molecule has 2 aliphatic heterocycles. The van der Waals surface area contributed by atoms with Crippen LogP contribution in [-0.2, 0) is 27.3 Å². The summed E-state index contributed by atoms with van der Waals surface area (Å²) in [6, 6.07) is 15.9. The molecule has 7 rings (SSSR count). The second kappa shape index (κ2) is 13.6. The molecular weight excluding hydrogens is 688 g/mol. The van der Waals surface area contributed by atoms with Crippen molar-refractivity contribution in [1.29, 1.82) is 0 Å². The summed E-state index contributed by atoms with van der Waals surface area (Å²) in [4.78, 5) is 44.1. The minimum atomic E-state index is -2.59. The number of nitrogens with one attached hydrogen (secondary N) is 1. The minimum absolute atomic E-state index is 0.134. The number of aromatic nitrogens is 2. The van der Waals surface area contributed by atoms with Gasteiger partial charge in [0.2, 0.25) is 6.29 Å². The number of benzene rings is 3. The molecule has 5 aromatic rings. The first-order valence-corrected chi connectivity index (χ1v) is 16.6. The number of carboxylic acid groups (broad SMARTS) is 1. The predicted octanol–water partition coefficient (Wildman–Crippen LogP) is 2.77. The zero-order chi connectivity index (χ0) is 36.0. The maximum Gasteiger partial charge on any atom is 0.357 e. The van der Waals surface area contributed by atoms with Gasteiger partial charge in [0.15, 0.2) is 11.9 Å². The fraction of sp³-hybridized carbons (Fsp3) is 0.235. The van der Waals surface area contributed by atoms with Gasteiger partial charge in [-0.05, 0) is 72.0 Å². The van der Waals surface area contributed by atoms with E-state index in [-0.39, 0.29) is 29.2 Å². The number of amides is 2. The van der Waals surface area contributed by atoms with Crippen LogP contribution in [0, 0.1) is 0 Å². The van der Waals surface area contributed by atoms with Crippen LogP contribution in [-0.4, -0.2) is 89.5 Å². The summed E-state index contributed by atoms with van der Waals surface area (Å²) in [5, 5.41) is 33.5. The van der Waals surface area contributed by atoms with Gasteiger partial charge in [-0.15, -0.1) is 0 Å². The summed E-state index contributed by atoms with van der Waals surface area (Å²) < 4.78 is 44.0. The number of anilines is 2. The van der Waals surface area contributed by atoms with Crippen molar-refractivity contribution in [3.8, 4) is 17.2 Å². The smallest absolute Gasteiger partial charge is 0.357 e. The van der Waals surface area contributed by atoms with Gasteiger partial charge in [0.1, 0.15) is 28.9 Å². The molecule has 16 nitrogen and oxygen atoms in total. The van der Waals surface area contributed by atoms with E-state index >= 15 is 0 Å². The van der Waals surface area contributed by atoms with Gasteiger partial charge in [-0.25, -0.2) is 9.78 Å². The second-order valence-electron chi connectivity index (χ2n) is 11.8. The van der Waals surface area contributed by atoms with Gasteiger partial charge < -0.3 is 48.3 Å². The Balaban J connectivity index is 1.06. The molecular formula is C34H30N4O12S. The van der Waals surface area contributed by atoms with Crippen LogP contribution in [0.15, 0.2) is 73.1 Å². The number of ether oxygens (including phenoxy) is 3. The average molecular weight is 719 g/mol. The zero-order valence-electron chi connectivity index (χ0n) is 26.7. The average Bonchev–Trinajstić information content (AvgIpc) is 3.74. The number of fused-ring (bicyclic) bond motifs is 4. The van der Waals surface area contributed by atoms with Gasteiger partial charge in [0.05, 0.1) is 24.6 Å². The Labute approximate surface area is 291 Å². The fourth-order valence-corrected chi connectivity index (χ4v) is 6.46. The molecule has 0 radical (unpaired) electrons. The van der Waals surface area contributed by atoms with Crippen LogP contribution in [0.3, 0.4) is 0 Å². The van der Waals surface area contributed by atoms with E-state index in [9.17, 15) is 38.5 Å². The van der Waals surface area contributed by atoms with Gasteiger partial charge in [0, 0.05) is 42.4 Å². The van der Waals surface area contributed by atoms with E-state index < -0.39 is 53.7 Å². The lowest BCUT2D eigenvalue weighted by Gasteiger charge is -2.35. The number of hydrogen-bond acceptors (Lipinski definition) is 11. The molecule has 2 aliphatic rings. The van der Waals surface area contributed by atoms with Crippen molar-refractivity contribution in [2.45, 2.75) is 37.4 Å². The zero-order valence-corrected chi connectivity index (χ0v) is 27.5. The van der Waals surface area contributed by atoms with Crippen molar-refractivity contribution in [2.75, 3.05) is 23.9 Å². The number of aliphatic hydroxyl groups excluding tert-OH is 2. The third-order valence-electron chi connectivity index (χ3n) is 8.68. The van der Waals surface area contributed by atoms with Gasteiger partial charge in [-0.1, -0.05) is 0 Å². The summed E-state index contributed by atoms with van der Waals surface area (Å²) in [6.45, 7) is 0.338. The lowest BCUT2D eigenvalue weighted by Crippen LogP contribution is -2.52. The van der Waals surface area contributed by atoms with Crippen molar-refractivity contribution in [2.24, 2.45) is 0 Å². The van der Waals surface area contributed by atoms with Gasteiger partial charge in [0.25, 0.3) is 11.8 Å². The van der Waals surface area contributed by atoms with Crippen LogP contribution in [0.2, 0.25) is 0 Å². The maximum atomic E-state index is 13.8. The molecule has 3 aromatic carbocycles. The number of aliphatic hydroxyl groups is 2. The summed E-state index contributed by atoms with van der Waals surface area (Å²) in [6.07, 6.45) is -2.23. The van der Waals surface area contributed by atoms with Crippen LogP contribution in [0.1, 0.15) is 32.8 Å². The topological polar surface area (TPSA) is 219 Å². The third kappa shape index (κ3) is 6.67. The van der Waals surface area contributed by atoms with E-state index in [1.54, 1.807) is 47.0 Å². The first kappa shape index (κ1) is 33.9. The molecule has 2 unspecified atom stereocenters. The maximum absolute atomic E-state index is 13.8. The van der Waals surface area contributed by atoms with Crippen LogP contribution in [0.25, 0.3) is 16.4 Å². The van der Waals surface area contributed by atoms with Gasteiger partial charge >= 0.3 is 17.3 Å². The van der Waals surface area contributed by atoms with Gasteiger partial charge in [-0.3, -0.25) is 14.1 Å². The number of hydrogen-bond donors (Lipinski definition) is 5. The molecule has 5 N–H and O–H groups in total. The molecule has 0 aliphatic carbocycles. The molecule has 5 atom stereocenters. The van der Waals surface area contributed by atoms with E-state index in [4.69, 9.17) is 18.4 Å². The van der Waals surface area contributed by atoms with Gasteiger partial charge in [-0.2, -0.15) is 4.21 Å². The standard InChI is InChI=1S/C34H30N4O12S/c1-47-20-7-8-22-23(12-20)21-10-11-38(25(21)13-27(22)50-51(45)46)32(42)24-16-37-15-18(4-9-29(37)36-24)35-31(41)17-2-5-19(6-3-17)48-34-30(40)26(39)14-28(49-34)33(43)44/h2-9,12-13,15-16,26,28,30,34,39-40H,10-11,14H2,1H3,(H,35,41)(H,43,44)(H,45,46)/t26-,28?,30+,34+/m0/s1. The number of pyridine rings is 1. The molecule has 264 valence electrons. The Bertz CT molecular complexity index is 2210. The molecule has 2 aromatic heterocycles. The Hall–Kier alpha value is -5.59. The Kier molecular flexibility index (Phi) is 9.04. The van der Waals surface area contributed by atoms with Crippen LogP contribution in [0.4, 0.5) is 11.4 Å². The largest absolute Gasteiger partial charge is 0.497 e. The lowest BCUT2D eigenvalue weighted by molar-refractivity contribution is -0.238. The van der Waals surface area contributed by atoms with E-state index in [1.165, 1.54) is 42.5 Å². The van der Waals surface area contributed by atoms with E-state index in [1.807, 2.05) is 0 Å². The number of imidazole rings is 1. The minimum Gasteiger partial charge on any atom is -0.497 e. The highest BCUT2D eigenvalue weighted by Gasteiger charge is 2.41. The number of carboxylic acids is 1. The summed E-state index contributed by atoms with van der Waals surface area (Å²) in [7, 11) is 1.53. The lowest BCUT2D eigenvalue weighted by atomic mass is 10.0. The molecule has 0 spiro atoms. The van der Waals surface area contributed by atoms with Crippen molar-refractivity contribution >= 4 is 56.9 Å². The highest BCUT2D eigenvalue weighted by atomic mass is 32.2. The molecule has 51 heavy (non-hydrogen) atoms. The molecule has 17 heteroatoms. The van der Waals surface area contributed by atoms with Crippen molar-refractivity contribution in [3.63, 3.8) is 0 Å². The first-order valence-electron chi connectivity index (χ1n) is 15.5. The van der Waals surface area contributed by atoms with E-state index in [0.717, 1.165) is 10.9 Å². The second-order valence-corrected chi connectivity index (χ2v) is 12.4. The first-order chi connectivity index (χ1) is 24.5. The Morgan fingerprint density at radius 3 is 2.49 bits per heavy atom. The monoisotopic (exact) mass is 718 g/mol. The SMILES string of the molecule is COc1ccc2c(OS(=O)O)cc3c(c2c1)CCN3C(=O)c1cn2cc(NC(=O)c3ccc(O[C@@H]4OC(C(=O)O)C[C@H](O)[C@H]4O)cc3)ccc2n1. The van der Waals surface area contributed by atoms with Crippen LogP contribution in [0.5, 0.6) is 17.2 Å². The Morgan fingerprint density at radius 1 is 1.00 bits per heavy atom. The van der Waals surface area contributed by atoms with E-state index in [2.05, 4.69) is 10.3 Å². The predicted molar refractivity (Wildman–Crippen MR) is 180 cm³/mol. The highest BCUT2D eigenvalue weighted by molar-refractivity contribution is 7.74. The summed E-state index contributed by atoms with van der Waals surface area (Å²) in [5.74, 6) is -1.28. The molecule has 1 saturated heterocycles. The molecule has 0 saturated carbocycles. The quantitative estimate of drug-likeness (QED) is 0.139. The van der Waals surface area contributed by atoms with Crippen LogP contribution >= 0.6 is 0 Å². The summed E-state index contributed by atoms with van der Waals surface area (Å²) in [5.41, 5.74) is 2.61.